The molecule has 0 spiro atoms. The summed E-state index contributed by atoms with van der Waals surface area (Å²) in [7, 11) is -4.15. The number of sulfonamides is 1. The third-order valence-electron chi connectivity index (χ3n) is 6.02. The summed E-state index contributed by atoms with van der Waals surface area (Å²) in [4.78, 5) is 25.4. The number of para-hydroxylation sites is 1. The molecule has 1 aliphatic rings. The van der Waals surface area contributed by atoms with Gasteiger partial charge in [0.25, 0.3) is 5.69 Å². The number of hydrogen-bond acceptors (Lipinski definition) is 7. The lowest BCUT2D eigenvalue weighted by Gasteiger charge is -2.42. The van der Waals surface area contributed by atoms with Crippen LogP contribution in [0.3, 0.4) is 0 Å². The number of nitrogens with zero attached hydrogens (tertiary/aromatic N) is 3. The molecular weight excluding hydrogens is 489 g/mol. The van der Waals surface area contributed by atoms with Crippen molar-refractivity contribution in [2.75, 3.05) is 19.6 Å². The molecule has 0 aromatic heterocycles. The van der Waals surface area contributed by atoms with Crippen LogP contribution in [0.4, 0.5) is 10.1 Å². The summed E-state index contributed by atoms with van der Waals surface area (Å²) in [6.45, 7) is 9.12. The van der Waals surface area contributed by atoms with Gasteiger partial charge in [-0.25, -0.2) is 12.8 Å². The lowest BCUT2D eigenvalue weighted by atomic mass is 10.0. The Hall–Kier alpha value is -2.89. The molecule has 1 fully saturated rings. The number of carbonyl (C=O) groups excluding carboxylic acids is 1. The minimum Gasteiger partial charge on any atom is -0.459 e. The van der Waals surface area contributed by atoms with Crippen LogP contribution in [0.25, 0.3) is 0 Å². The van der Waals surface area contributed by atoms with Gasteiger partial charge in [-0.2, -0.15) is 4.31 Å². The normalized spacial score (nSPS) is 18.6. The Morgan fingerprint density at radius 3 is 2.47 bits per heavy atom. The molecule has 0 unspecified atom stereocenters. The van der Waals surface area contributed by atoms with Crippen molar-refractivity contribution in [2.24, 2.45) is 0 Å². The number of aryl methyl sites for hydroxylation is 1. The van der Waals surface area contributed by atoms with Crippen molar-refractivity contribution < 1.29 is 27.3 Å². The SMILES string of the molecule is Cc1cc(C[C@@H](C(=O)OC(C)(C)C)N2CCN(S(=O)(=O)c3ccccc3[N+](=O)[O-])[C@@H](C)C2)ccc1F. The number of nitro groups is 1. The standard InChI is InChI=1S/C25H32FN3O6S/c1-17-14-19(10-11-20(17)26)15-22(24(30)35-25(3,4)5)27-12-13-28(18(2)16-27)36(33,34)23-9-7-6-8-21(23)29(31)32/h6-11,14,18,22H,12-13,15-16H2,1-5H3/t18-,22-/m0/s1. The largest absolute Gasteiger partial charge is 0.459 e. The molecule has 2 aromatic carbocycles. The first kappa shape index (κ1) is 27.7. The fourth-order valence-electron chi connectivity index (χ4n) is 4.35. The number of hydrogen-bond donors (Lipinski definition) is 0. The van der Waals surface area contributed by atoms with Crippen molar-refractivity contribution in [3.63, 3.8) is 0 Å². The minimum absolute atomic E-state index is 0.0390. The Morgan fingerprint density at radius 1 is 1.22 bits per heavy atom. The fraction of sp³-hybridized carbons (Fsp3) is 0.480. The van der Waals surface area contributed by atoms with E-state index in [4.69, 9.17) is 4.74 Å². The highest BCUT2D eigenvalue weighted by Crippen LogP contribution is 2.29. The summed E-state index contributed by atoms with van der Waals surface area (Å²) in [5.74, 6) is -0.790. The first-order valence-electron chi connectivity index (χ1n) is 11.7. The molecule has 2 aromatic rings. The summed E-state index contributed by atoms with van der Waals surface area (Å²) < 4.78 is 47.4. The lowest BCUT2D eigenvalue weighted by molar-refractivity contribution is -0.387. The van der Waals surface area contributed by atoms with Crippen molar-refractivity contribution in [3.8, 4) is 0 Å². The summed E-state index contributed by atoms with van der Waals surface area (Å²) in [6, 6.07) is 8.64. The van der Waals surface area contributed by atoms with Crippen LogP contribution in [0.1, 0.15) is 38.8 Å². The van der Waals surface area contributed by atoms with E-state index in [-0.39, 0.29) is 36.8 Å². The Labute approximate surface area is 211 Å². The number of carbonyl (C=O) groups is 1. The van der Waals surface area contributed by atoms with Crippen molar-refractivity contribution in [2.45, 2.75) is 63.6 Å². The number of piperazine rings is 1. The number of ether oxygens (including phenoxy) is 1. The number of benzene rings is 2. The van der Waals surface area contributed by atoms with E-state index in [9.17, 15) is 27.7 Å². The van der Waals surface area contributed by atoms with E-state index in [1.807, 2.05) is 4.90 Å². The van der Waals surface area contributed by atoms with Gasteiger partial charge in [-0.1, -0.05) is 24.3 Å². The molecule has 36 heavy (non-hydrogen) atoms. The first-order chi connectivity index (χ1) is 16.7. The summed E-state index contributed by atoms with van der Waals surface area (Å²) in [5, 5.41) is 11.4. The van der Waals surface area contributed by atoms with Gasteiger partial charge in [0.2, 0.25) is 10.0 Å². The molecule has 0 amide bonds. The van der Waals surface area contributed by atoms with Crippen molar-refractivity contribution in [1.29, 1.82) is 0 Å². The van der Waals surface area contributed by atoms with Crippen molar-refractivity contribution in [1.82, 2.24) is 9.21 Å². The Kier molecular flexibility index (Phi) is 8.17. The number of halogens is 1. The summed E-state index contributed by atoms with van der Waals surface area (Å²) >= 11 is 0. The van der Waals surface area contributed by atoms with Gasteiger partial charge in [-0.15, -0.1) is 0 Å². The van der Waals surface area contributed by atoms with Crippen LogP contribution in [0.15, 0.2) is 47.4 Å². The monoisotopic (exact) mass is 521 g/mol. The third kappa shape index (κ3) is 6.26. The van der Waals surface area contributed by atoms with Crippen LogP contribution >= 0.6 is 0 Å². The van der Waals surface area contributed by atoms with Gasteiger partial charge >= 0.3 is 5.97 Å². The van der Waals surface area contributed by atoms with Crippen LogP contribution in [0.2, 0.25) is 0 Å². The van der Waals surface area contributed by atoms with E-state index in [1.165, 1.54) is 28.6 Å². The maximum absolute atomic E-state index is 13.8. The van der Waals surface area contributed by atoms with Gasteiger partial charge in [-0.05, 0) is 64.3 Å². The van der Waals surface area contributed by atoms with E-state index in [1.54, 1.807) is 46.8 Å². The third-order valence-corrected chi connectivity index (χ3v) is 8.08. The van der Waals surface area contributed by atoms with Crippen LogP contribution in [-0.4, -0.2) is 65.8 Å². The molecule has 0 saturated carbocycles. The predicted octanol–water partition coefficient (Wildman–Crippen LogP) is 3.69. The molecule has 1 aliphatic heterocycles. The smallest absolute Gasteiger partial charge is 0.324 e. The second-order valence-corrected chi connectivity index (χ2v) is 11.9. The van der Waals surface area contributed by atoms with Gasteiger partial charge in [0, 0.05) is 31.7 Å². The molecule has 2 atom stereocenters. The zero-order valence-corrected chi connectivity index (χ0v) is 21.9. The molecule has 11 heteroatoms. The Morgan fingerprint density at radius 2 is 1.89 bits per heavy atom. The van der Waals surface area contributed by atoms with Gasteiger partial charge in [-0.3, -0.25) is 19.8 Å². The number of nitro benzene ring substituents is 1. The van der Waals surface area contributed by atoms with E-state index in [0.29, 0.717) is 5.56 Å². The molecule has 0 radical (unpaired) electrons. The molecule has 1 saturated heterocycles. The molecule has 9 nitrogen and oxygen atoms in total. The fourth-order valence-corrected chi connectivity index (χ4v) is 6.12. The van der Waals surface area contributed by atoms with Crippen LogP contribution in [-0.2, 0) is 26.0 Å². The second-order valence-electron chi connectivity index (χ2n) is 10.0. The van der Waals surface area contributed by atoms with Gasteiger partial charge < -0.3 is 4.74 Å². The topological polar surface area (TPSA) is 110 Å². The van der Waals surface area contributed by atoms with Crippen molar-refractivity contribution >= 4 is 21.7 Å². The zero-order chi connectivity index (χ0) is 26.8. The van der Waals surface area contributed by atoms with Gasteiger partial charge in [0.05, 0.1) is 4.92 Å². The van der Waals surface area contributed by atoms with Gasteiger partial charge in [0.1, 0.15) is 17.5 Å². The minimum atomic E-state index is -4.15. The van der Waals surface area contributed by atoms with Crippen molar-refractivity contribution in [3.05, 3.63) is 69.5 Å². The highest BCUT2D eigenvalue weighted by molar-refractivity contribution is 7.89. The quantitative estimate of drug-likeness (QED) is 0.310. The molecule has 0 bridgehead atoms. The Bertz CT molecular complexity index is 1240. The number of rotatable bonds is 7. The highest BCUT2D eigenvalue weighted by Gasteiger charge is 2.41. The average Bonchev–Trinajstić information content (AvgIpc) is 2.78. The van der Waals surface area contributed by atoms with E-state index in [2.05, 4.69) is 0 Å². The second kappa shape index (κ2) is 10.6. The van der Waals surface area contributed by atoms with E-state index in [0.717, 1.165) is 11.6 Å². The van der Waals surface area contributed by atoms with E-state index < -0.39 is 44.3 Å². The van der Waals surface area contributed by atoms with Gasteiger partial charge in [0.15, 0.2) is 4.90 Å². The van der Waals surface area contributed by atoms with E-state index >= 15 is 0 Å². The first-order valence-corrected chi connectivity index (χ1v) is 13.1. The molecule has 0 aliphatic carbocycles. The van der Waals surface area contributed by atoms with Crippen LogP contribution in [0, 0.1) is 22.9 Å². The molecular formula is C25H32FN3O6S. The lowest BCUT2D eigenvalue weighted by Crippen LogP contribution is -2.58. The molecule has 3 rings (SSSR count). The molecule has 1 heterocycles. The highest BCUT2D eigenvalue weighted by atomic mass is 32.2. The Balaban J connectivity index is 1.87. The average molecular weight is 522 g/mol. The molecule has 196 valence electrons. The number of esters is 1. The predicted molar refractivity (Wildman–Crippen MR) is 132 cm³/mol. The summed E-state index contributed by atoms with van der Waals surface area (Å²) in [6.07, 6.45) is 0.264. The van der Waals surface area contributed by atoms with Crippen LogP contribution < -0.4 is 0 Å². The summed E-state index contributed by atoms with van der Waals surface area (Å²) in [5.41, 5.74) is 0.0128. The maximum Gasteiger partial charge on any atom is 0.324 e. The van der Waals surface area contributed by atoms with Crippen LogP contribution in [0.5, 0.6) is 0 Å². The molecule has 0 N–H and O–H groups in total. The maximum atomic E-state index is 13.8. The zero-order valence-electron chi connectivity index (χ0n) is 21.1.